The van der Waals surface area contributed by atoms with Gasteiger partial charge in [0.25, 0.3) is 11.6 Å². The van der Waals surface area contributed by atoms with Crippen molar-refractivity contribution in [3.05, 3.63) is 70.3 Å². The van der Waals surface area contributed by atoms with Crippen LogP contribution in [0.4, 0.5) is 5.69 Å². The molecule has 168 valence electrons. The Bertz CT molecular complexity index is 1030. The summed E-state index contributed by atoms with van der Waals surface area (Å²) in [5.41, 5.74) is 4.28. The molecule has 0 unspecified atom stereocenters. The quantitative estimate of drug-likeness (QED) is 0.283. The fourth-order valence-electron chi connectivity index (χ4n) is 3.53. The number of nitro groups is 1. The third-order valence-electron chi connectivity index (χ3n) is 5.33. The van der Waals surface area contributed by atoms with E-state index >= 15 is 0 Å². The van der Waals surface area contributed by atoms with E-state index in [1.54, 1.807) is 22.0 Å². The summed E-state index contributed by atoms with van der Waals surface area (Å²) < 4.78 is 0. The molecule has 0 aromatic heterocycles. The van der Waals surface area contributed by atoms with E-state index in [1.165, 1.54) is 17.8 Å². The Morgan fingerprint density at radius 3 is 2.47 bits per heavy atom. The van der Waals surface area contributed by atoms with Gasteiger partial charge in [0.2, 0.25) is 6.41 Å². The Labute approximate surface area is 191 Å². The molecule has 1 fully saturated rings. The van der Waals surface area contributed by atoms with Gasteiger partial charge in [-0.2, -0.15) is 0 Å². The lowest BCUT2D eigenvalue weighted by Crippen LogP contribution is -2.53. The van der Waals surface area contributed by atoms with Crippen molar-refractivity contribution in [3.63, 3.8) is 0 Å². The van der Waals surface area contributed by atoms with E-state index in [4.69, 9.17) is 0 Å². The Morgan fingerprint density at radius 1 is 1.16 bits per heavy atom. The van der Waals surface area contributed by atoms with Crippen LogP contribution in [0.25, 0.3) is 5.57 Å². The summed E-state index contributed by atoms with van der Waals surface area (Å²) in [5.74, 6) is 0.0206. The van der Waals surface area contributed by atoms with E-state index in [1.807, 2.05) is 24.3 Å². The molecule has 32 heavy (non-hydrogen) atoms. The Balaban J connectivity index is 1.80. The molecule has 0 saturated carbocycles. The van der Waals surface area contributed by atoms with Crippen LogP contribution in [0, 0.1) is 10.1 Å². The van der Waals surface area contributed by atoms with Crippen LogP contribution >= 0.6 is 11.8 Å². The van der Waals surface area contributed by atoms with Gasteiger partial charge in [-0.1, -0.05) is 56.5 Å². The van der Waals surface area contributed by atoms with Gasteiger partial charge in [-0.25, -0.2) is 5.01 Å². The van der Waals surface area contributed by atoms with E-state index < -0.39 is 4.92 Å². The number of amides is 2. The predicted octanol–water partition coefficient (Wildman–Crippen LogP) is 3.69. The number of rotatable bonds is 8. The van der Waals surface area contributed by atoms with Crippen LogP contribution in [0.5, 0.6) is 0 Å². The molecular formula is C23H26N4O4S. The third-order valence-corrected chi connectivity index (χ3v) is 6.48. The van der Waals surface area contributed by atoms with Crippen molar-refractivity contribution in [1.29, 1.82) is 0 Å². The average Bonchev–Trinajstić information content (AvgIpc) is 2.79. The van der Waals surface area contributed by atoms with Crippen LogP contribution in [-0.2, 0) is 9.59 Å². The first-order valence-electron chi connectivity index (χ1n) is 10.3. The maximum atomic E-state index is 12.9. The summed E-state index contributed by atoms with van der Waals surface area (Å²) in [5, 5.41) is 13.5. The number of benzene rings is 2. The number of hydrazine groups is 1. The summed E-state index contributed by atoms with van der Waals surface area (Å²) in [6, 6.07) is 12.7. The highest BCUT2D eigenvalue weighted by atomic mass is 32.2. The number of piperazine rings is 1. The Hall–Kier alpha value is -3.17. The minimum absolute atomic E-state index is 0.0555. The van der Waals surface area contributed by atoms with Gasteiger partial charge in [-0.3, -0.25) is 25.1 Å². The number of carbonyl (C=O) groups is 2. The molecule has 3 rings (SSSR count). The van der Waals surface area contributed by atoms with Gasteiger partial charge in [-0.05, 0) is 29.2 Å². The van der Waals surface area contributed by atoms with Crippen molar-refractivity contribution < 1.29 is 14.5 Å². The van der Waals surface area contributed by atoms with Crippen LogP contribution in [0.2, 0.25) is 0 Å². The highest BCUT2D eigenvalue weighted by molar-refractivity contribution is 7.99. The minimum Gasteiger partial charge on any atom is -0.336 e. The molecule has 2 amide bonds. The van der Waals surface area contributed by atoms with E-state index in [9.17, 15) is 19.7 Å². The fraction of sp³-hybridized carbons (Fsp3) is 0.304. The number of hydrogen-bond acceptors (Lipinski definition) is 6. The highest BCUT2D eigenvalue weighted by Crippen LogP contribution is 2.39. The topological polar surface area (TPSA) is 95.8 Å². The molecule has 1 aliphatic rings. The number of nitro benzene ring substituents is 1. The number of nitrogens with zero attached hydrogens (tertiary/aromatic N) is 3. The van der Waals surface area contributed by atoms with Crippen LogP contribution in [0.3, 0.4) is 0 Å². The van der Waals surface area contributed by atoms with Gasteiger partial charge < -0.3 is 4.90 Å². The maximum absolute atomic E-state index is 12.9. The highest BCUT2D eigenvalue weighted by Gasteiger charge is 2.25. The molecule has 0 radical (unpaired) electrons. The van der Waals surface area contributed by atoms with Crippen LogP contribution in [0.1, 0.15) is 30.9 Å². The molecule has 1 heterocycles. The van der Waals surface area contributed by atoms with Gasteiger partial charge in [0.05, 0.1) is 9.82 Å². The average molecular weight is 455 g/mol. The van der Waals surface area contributed by atoms with Crippen LogP contribution in [-0.4, -0.2) is 53.3 Å². The summed E-state index contributed by atoms with van der Waals surface area (Å²) in [7, 11) is 0. The zero-order valence-corrected chi connectivity index (χ0v) is 18.9. The second-order valence-corrected chi connectivity index (χ2v) is 8.82. The van der Waals surface area contributed by atoms with Crippen LogP contribution < -0.4 is 5.43 Å². The molecule has 0 atom stereocenters. The molecular weight excluding hydrogens is 428 g/mol. The van der Waals surface area contributed by atoms with Gasteiger partial charge in [0, 0.05) is 42.7 Å². The Morgan fingerprint density at radius 2 is 1.84 bits per heavy atom. The normalized spacial score (nSPS) is 14.3. The van der Waals surface area contributed by atoms with E-state index in [0.717, 1.165) is 10.5 Å². The maximum Gasteiger partial charge on any atom is 0.283 e. The summed E-state index contributed by atoms with van der Waals surface area (Å²) in [6.07, 6.45) is 0.606. The first-order chi connectivity index (χ1) is 15.3. The molecule has 1 saturated heterocycles. The number of carbonyl (C=O) groups excluding carboxylic acids is 2. The van der Waals surface area contributed by atoms with Crippen molar-refractivity contribution in [3.8, 4) is 0 Å². The third kappa shape index (κ3) is 5.35. The lowest BCUT2D eigenvalue weighted by molar-refractivity contribution is -0.387. The number of nitrogens with one attached hydrogen (secondary N) is 1. The van der Waals surface area contributed by atoms with Crippen molar-refractivity contribution >= 4 is 35.3 Å². The smallest absolute Gasteiger partial charge is 0.283 e. The molecule has 1 N–H and O–H groups in total. The van der Waals surface area contributed by atoms with Gasteiger partial charge in [0.15, 0.2) is 0 Å². The molecule has 8 nitrogen and oxygen atoms in total. The van der Waals surface area contributed by atoms with Crippen molar-refractivity contribution in [1.82, 2.24) is 15.3 Å². The molecule has 0 bridgehead atoms. The monoisotopic (exact) mass is 454 g/mol. The van der Waals surface area contributed by atoms with E-state index in [2.05, 4.69) is 25.9 Å². The number of hydrogen-bond donors (Lipinski definition) is 1. The largest absolute Gasteiger partial charge is 0.336 e. The zero-order chi connectivity index (χ0) is 23.3. The lowest BCUT2D eigenvalue weighted by atomic mass is 10.0. The second-order valence-electron chi connectivity index (χ2n) is 7.74. The van der Waals surface area contributed by atoms with Crippen LogP contribution in [0.15, 0.2) is 58.8 Å². The molecule has 9 heteroatoms. The molecule has 1 aliphatic heterocycles. The zero-order valence-electron chi connectivity index (χ0n) is 18.1. The SMILES string of the molecule is C=C(C(=O)N1CCN(NC=O)CC1)c1ccc(Sc2ccccc2C(C)C)c([N+](=O)[O-])c1. The predicted molar refractivity (Wildman–Crippen MR) is 124 cm³/mol. The summed E-state index contributed by atoms with van der Waals surface area (Å²) in [6.45, 7) is 9.94. The fourth-order valence-corrected chi connectivity index (χ4v) is 4.71. The molecule has 0 spiro atoms. The second kappa shape index (κ2) is 10.4. The van der Waals surface area contributed by atoms with Gasteiger partial charge >= 0.3 is 0 Å². The summed E-state index contributed by atoms with van der Waals surface area (Å²) in [4.78, 5) is 37.9. The summed E-state index contributed by atoms with van der Waals surface area (Å²) >= 11 is 1.35. The van der Waals surface area contributed by atoms with Gasteiger partial charge in [0.1, 0.15) is 0 Å². The van der Waals surface area contributed by atoms with E-state index in [-0.39, 0.29) is 23.1 Å². The molecule has 2 aromatic carbocycles. The first kappa shape index (κ1) is 23.5. The standard InChI is InChI=1S/C23H26N4O4S/c1-16(2)19-6-4-5-7-21(19)32-22-9-8-18(14-20(22)27(30)31)17(3)23(29)25-10-12-26(13-11-25)24-15-28/h4-9,14-16H,3,10-13H2,1-2H3,(H,24,28). The molecule has 0 aliphatic carbocycles. The van der Waals surface area contributed by atoms with Crippen molar-refractivity contribution in [2.24, 2.45) is 0 Å². The lowest BCUT2D eigenvalue weighted by Gasteiger charge is -2.34. The van der Waals surface area contributed by atoms with Gasteiger partial charge in [-0.15, -0.1) is 0 Å². The minimum atomic E-state index is -0.425. The van der Waals surface area contributed by atoms with Crippen molar-refractivity contribution in [2.45, 2.75) is 29.6 Å². The molecule has 2 aromatic rings. The van der Waals surface area contributed by atoms with Crippen molar-refractivity contribution in [2.75, 3.05) is 26.2 Å². The first-order valence-corrected chi connectivity index (χ1v) is 11.1. The Kier molecular flexibility index (Phi) is 7.66. The van der Waals surface area contributed by atoms with E-state index in [0.29, 0.717) is 43.0 Å².